The first kappa shape index (κ1) is 13.9. The molecule has 0 aromatic carbocycles. The Morgan fingerprint density at radius 3 is 2.89 bits per heavy atom. The van der Waals surface area contributed by atoms with Crippen molar-refractivity contribution >= 4 is 21.8 Å². The minimum Gasteiger partial charge on any atom is -0.466 e. The lowest BCUT2D eigenvalue weighted by Gasteiger charge is -2.21. The van der Waals surface area contributed by atoms with Gasteiger partial charge in [-0.25, -0.2) is 0 Å². The maximum absolute atomic E-state index is 12.0. The highest BCUT2D eigenvalue weighted by atomic mass is 79.9. The van der Waals surface area contributed by atoms with E-state index in [4.69, 9.17) is 4.42 Å². The van der Waals surface area contributed by atoms with Crippen molar-refractivity contribution in [3.05, 3.63) is 46.6 Å². The van der Waals surface area contributed by atoms with Crippen LogP contribution in [0.5, 0.6) is 0 Å². The van der Waals surface area contributed by atoms with Crippen molar-refractivity contribution in [3.63, 3.8) is 0 Å². The molecule has 2 aromatic rings. The molecule has 1 atom stereocenters. The molecule has 5 nitrogen and oxygen atoms in total. The Hall–Kier alpha value is -1.53. The molecule has 0 saturated carbocycles. The van der Waals surface area contributed by atoms with E-state index in [-0.39, 0.29) is 12.5 Å². The number of carbonyl (C=O) groups excluding carboxylic acids is 1. The van der Waals surface area contributed by atoms with Crippen molar-refractivity contribution in [1.29, 1.82) is 0 Å². The number of carbonyl (C=O) groups is 1. The average Bonchev–Trinajstić information content (AvgIpc) is 2.96. The van der Waals surface area contributed by atoms with Gasteiger partial charge < -0.3 is 19.4 Å². The summed E-state index contributed by atoms with van der Waals surface area (Å²) in [5, 5.41) is 12.9. The van der Waals surface area contributed by atoms with Crippen LogP contribution >= 0.6 is 15.9 Å². The summed E-state index contributed by atoms with van der Waals surface area (Å²) in [7, 11) is 1.78. The predicted molar refractivity (Wildman–Crippen MR) is 73.7 cm³/mol. The zero-order chi connectivity index (χ0) is 14.0. The predicted octanol–water partition coefficient (Wildman–Crippen LogP) is 2.02. The summed E-state index contributed by atoms with van der Waals surface area (Å²) in [6.07, 6.45) is 3.28. The lowest BCUT2D eigenvalue weighted by Crippen LogP contribution is -2.38. The lowest BCUT2D eigenvalue weighted by molar-refractivity contribution is 0.0329. The number of rotatable bonds is 4. The molecule has 6 heteroatoms. The Morgan fingerprint density at radius 2 is 2.37 bits per heavy atom. The fraction of sp³-hybridized carbons (Fsp3) is 0.308. The molecule has 0 spiro atoms. The lowest BCUT2D eigenvalue weighted by atomic mass is 10.0. The molecule has 2 N–H and O–H groups in total. The summed E-state index contributed by atoms with van der Waals surface area (Å²) >= 11 is 3.31. The molecule has 2 heterocycles. The monoisotopic (exact) mass is 326 g/mol. The minimum absolute atomic E-state index is 0.0716. The summed E-state index contributed by atoms with van der Waals surface area (Å²) in [5.41, 5.74) is -0.719. The number of hydrogen-bond donors (Lipinski definition) is 2. The molecule has 1 amide bonds. The first-order valence-electron chi connectivity index (χ1n) is 5.76. The van der Waals surface area contributed by atoms with Crippen LogP contribution in [0, 0.1) is 0 Å². The van der Waals surface area contributed by atoms with Crippen LogP contribution in [0.3, 0.4) is 0 Å². The normalized spacial score (nSPS) is 14.1. The van der Waals surface area contributed by atoms with Crippen LogP contribution in [-0.2, 0) is 12.6 Å². The van der Waals surface area contributed by atoms with E-state index in [1.807, 2.05) is 0 Å². The molecule has 0 bridgehead atoms. The van der Waals surface area contributed by atoms with Gasteiger partial charge in [-0.1, -0.05) is 0 Å². The van der Waals surface area contributed by atoms with Crippen LogP contribution in [0.15, 0.2) is 39.5 Å². The number of furan rings is 1. The van der Waals surface area contributed by atoms with E-state index in [0.717, 1.165) is 4.47 Å². The van der Waals surface area contributed by atoms with Crippen LogP contribution in [0.1, 0.15) is 23.2 Å². The van der Waals surface area contributed by atoms with E-state index in [1.54, 1.807) is 42.9 Å². The second kappa shape index (κ2) is 5.22. The van der Waals surface area contributed by atoms with Gasteiger partial charge in [0.25, 0.3) is 5.91 Å². The van der Waals surface area contributed by atoms with Crippen molar-refractivity contribution in [2.75, 3.05) is 6.54 Å². The van der Waals surface area contributed by atoms with Gasteiger partial charge >= 0.3 is 0 Å². The Bertz CT molecular complexity index is 573. The number of nitrogens with zero attached hydrogens (tertiary/aromatic N) is 1. The highest BCUT2D eigenvalue weighted by Crippen LogP contribution is 2.20. The van der Waals surface area contributed by atoms with E-state index in [0.29, 0.717) is 11.5 Å². The van der Waals surface area contributed by atoms with Gasteiger partial charge in [0.2, 0.25) is 0 Å². The minimum atomic E-state index is -1.23. The van der Waals surface area contributed by atoms with Crippen molar-refractivity contribution in [2.24, 2.45) is 7.05 Å². The molecule has 2 rings (SSSR count). The molecule has 0 aliphatic rings. The highest BCUT2D eigenvalue weighted by Gasteiger charge is 2.27. The summed E-state index contributed by atoms with van der Waals surface area (Å²) < 4.78 is 7.69. The van der Waals surface area contributed by atoms with Crippen molar-refractivity contribution in [3.8, 4) is 0 Å². The molecular formula is C13H15BrN2O3. The molecule has 0 radical (unpaired) electrons. The van der Waals surface area contributed by atoms with Crippen LogP contribution in [-0.4, -0.2) is 22.1 Å². The second-order valence-corrected chi connectivity index (χ2v) is 5.50. The molecule has 0 aliphatic heterocycles. The van der Waals surface area contributed by atoms with E-state index in [2.05, 4.69) is 21.2 Å². The van der Waals surface area contributed by atoms with Gasteiger partial charge in [-0.15, -0.1) is 0 Å². The molecular weight excluding hydrogens is 312 g/mol. The van der Waals surface area contributed by atoms with Gasteiger partial charge in [0, 0.05) is 17.7 Å². The topological polar surface area (TPSA) is 67.4 Å². The number of nitrogens with one attached hydrogen (secondary N) is 1. The zero-order valence-corrected chi connectivity index (χ0v) is 12.3. The zero-order valence-electron chi connectivity index (χ0n) is 10.7. The Kier molecular flexibility index (Phi) is 3.82. The van der Waals surface area contributed by atoms with E-state index in [9.17, 15) is 9.90 Å². The molecule has 19 heavy (non-hydrogen) atoms. The first-order chi connectivity index (χ1) is 8.90. The molecule has 0 saturated heterocycles. The Morgan fingerprint density at radius 1 is 1.63 bits per heavy atom. The summed E-state index contributed by atoms with van der Waals surface area (Å²) in [6, 6.07) is 5.09. The Balaban J connectivity index is 2.03. The maximum Gasteiger partial charge on any atom is 0.268 e. The first-order valence-corrected chi connectivity index (χ1v) is 6.56. The third-order valence-electron chi connectivity index (χ3n) is 2.85. The van der Waals surface area contributed by atoms with Gasteiger partial charge in [0.15, 0.2) is 0 Å². The number of aromatic nitrogens is 1. The Labute approximate surface area is 119 Å². The van der Waals surface area contributed by atoms with E-state index < -0.39 is 5.60 Å². The SMILES string of the molecule is Cn1cc(Br)cc1C(=O)NC[C@](C)(O)c1ccco1. The fourth-order valence-electron chi connectivity index (χ4n) is 1.77. The third kappa shape index (κ3) is 3.08. The highest BCUT2D eigenvalue weighted by molar-refractivity contribution is 9.10. The van der Waals surface area contributed by atoms with Crippen LogP contribution in [0.4, 0.5) is 0 Å². The number of halogens is 1. The van der Waals surface area contributed by atoms with E-state index in [1.165, 1.54) is 6.26 Å². The van der Waals surface area contributed by atoms with Crippen molar-refractivity contribution in [1.82, 2.24) is 9.88 Å². The maximum atomic E-state index is 12.0. The van der Waals surface area contributed by atoms with Gasteiger partial charge in [0.1, 0.15) is 17.1 Å². The van der Waals surface area contributed by atoms with Crippen molar-refractivity contribution in [2.45, 2.75) is 12.5 Å². The standard InChI is InChI=1S/C13H15BrN2O3/c1-13(18,11-4-3-5-19-11)8-15-12(17)10-6-9(14)7-16(10)2/h3-7,18H,8H2,1-2H3,(H,15,17)/t13-/m0/s1. The summed E-state index contributed by atoms with van der Waals surface area (Å²) in [5.74, 6) is 0.167. The van der Waals surface area contributed by atoms with Gasteiger partial charge in [-0.05, 0) is 41.1 Å². The number of hydrogen-bond acceptors (Lipinski definition) is 3. The fourth-order valence-corrected chi connectivity index (χ4v) is 2.29. The van der Waals surface area contributed by atoms with Crippen LogP contribution in [0.25, 0.3) is 0 Å². The molecule has 0 aliphatic carbocycles. The third-order valence-corrected chi connectivity index (χ3v) is 3.28. The summed E-state index contributed by atoms with van der Waals surface area (Å²) in [6.45, 7) is 1.66. The molecule has 102 valence electrons. The van der Waals surface area contributed by atoms with Crippen molar-refractivity contribution < 1.29 is 14.3 Å². The number of amides is 1. The summed E-state index contributed by atoms with van der Waals surface area (Å²) in [4.78, 5) is 12.0. The molecule has 0 fully saturated rings. The number of aliphatic hydroxyl groups is 1. The van der Waals surface area contributed by atoms with Gasteiger partial charge in [0.05, 0.1) is 12.8 Å². The average molecular weight is 327 g/mol. The van der Waals surface area contributed by atoms with Gasteiger partial charge in [-0.2, -0.15) is 0 Å². The number of aryl methyl sites for hydroxylation is 1. The largest absolute Gasteiger partial charge is 0.466 e. The van der Waals surface area contributed by atoms with Crippen LogP contribution < -0.4 is 5.32 Å². The smallest absolute Gasteiger partial charge is 0.268 e. The van der Waals surface area contributed by atoms with Gasteiger partial charge in [-0.3, -0.25) is 4.79 Å². The second-order valence-electron chi connectivity index (χ2n) is 4.59. The van der Waals surface area contributed by atoms with E-state index >= 15 is 0 Å². The molecule has 0 unspecified atom stereocenters. The molecule has 2 aromatic heterocycles. The van der Waals surface area contributed by atoms with Crippen LogP contribution in [0.2, 0.25) is 0 Å². The quantitative estimate of drug-likeness (QED) is 0.903.